The summed E-state index contributed by atoms with van der Waals surface area (Å²) in [5.74, 6) is 1.87. The van der Waals surface area contributed by atoms with Gasteiger partial charge in [-0.3, -0.25) is 9.69 Å². The van der Waals surface area contributed by atoms with Crippen molar-refractivity contribution < 1.29 is 4.79 Å². The van der Waals surface area contributed by atoms with Crippen LogP contribution in [0.2, 0.25) is 0 Å². The quantitative estimate of drug-likeness (QED) is 0.491. The molecule has 1 amide bonds. The third-order valence-corrected chi connectivity index (χ3v) is 5.87. The maximum Gasteiger partial charge on any atom is 0.238 e. The van der Waals surface area contributed by atoms with Gasteiger partial charge in [0.2, 0.25) is 5.91 Å². The van der Waals surface area contributed by atoms with Gasteiger partial charge in [-0.2, -0.15) is 0 Å². The minimum Gasteiger partial charge on any atom is -0.373 e. The Hall–Kier alpha value is -3.29. The fourth-order valence-corrected chi connectivity index (χ4v) is 4.22. The number of hydrogen-bond donors (Lipinski definition) is 3. The van der Waals surface area contributed by atoms with Gasteiger partial charge >= 0.3 is 0 Å². The summed E-state index contributed by atoms with van der Waals surface area (Å²) in [7, 11) is 3.79. The second kappa shape index (κ2) is 11.0. The number of anilines is 2. The second-order valence-corrected chi connectivity index (χ2v) is 8.52. The summed E-state index contributed by atoms with van der Waals surface area (Å²) >= 11 is 0. The zero-order valence-corrected chi connectivity index (χ0v) is 19.3. The number of nitrogens with one attached hydrogen (secondary N) is 3. The van der Waals surface area contributed by atoms with Crippen molar-refractivity contribution in [3.63, 3.8) is 0 Å². The molecule has 0 aliphatic carbocycles. The fraction of sp³-hybridized carbons (Fsp3) is 0.346. The molecule has 0 saturated carbocycles. The highest BCUT2D eigenvalue weighted by Gasteiger charge is 2.19. The first kappa shape index (κ1) is 22.9. The van der Waals surface area contributed by atoms with Gasteiger partial charge in [0.05, 0.1) is 18.8 Å². The van der Waals surface area contributed by atoms with Gasteiger partial charge in [-0.05, 0) is 38.1 Å². The third kappa shape index (κ3) is 6.15. The molecule has 1 saturated heterocycles. The Morgan fingerprint density at radius 2 is 1.91 bits per heavy atom. The Bertz CT molecular complexity index is 1070. The minimum atomic E-state index is -0.0673. The number of benzene rings is 2. The Balaban J connectivity index is 1.41. The average molecular weight is 445 g/mol. The van der Waals surface area contributed by atoms with Gasteiger partial charge in [0.15, 0.2) is 0 Å². The summed E-state index contributed by atoms with van der Waals surface area (Å²) in [6.45, 7) is 2.75. The summed E-state index contributed by atoms with van der Waals surface area (Å²) in [6.07, 6.45) is 2.29. The number of aromatic nitrogens is 2. The Labute approximate surface area is 195 Å². The smallest absolute Gasteiger partial charge is 0.238 e. The largest absolute Gasteiger partial charge is 0.373 e. The van der Waals surface area contributed by atoms with E-state index >= 15 is 0 Å². The molecule has 1 fully saturated rings. The van der Waals surface area contributed by atoms with Crippen LogP contribution in [0, 0.1) is 0 Å². The van der Waals surface area contributed by atoms with Gasteiger partial charge in [-0.25, -0.2) is 9.97 Å². The van der Waals surface area contributed by atoms with Crippen LogP contribution in [0.25, 0.3) is 11.1 Å². The third-order valence-electron chi connectivity index (χ3n) is 5.87. The van der Waals surface area contributed by atoms with Crippen molar-refractivity contribution >= 4 is 17.4 Å². The van der Waals surface area contributed by atoms with Gasteiger partial charge in [0.25, 0.3) is 0 Å². The van der Waals surface area contributed by atoms with Crippen LogP contribution in [-0.4, -0.2) is 54.5 Å². The van der Waals surface area contributed by atoms with Crippen molar-refractivity contribution in [2.45, 2.75) is 25.3 Å². The lowest BCUT2D eigenvalue weighted by molar-refractivity contribution is -0.117. The van der Waals surface area contributed by atoms with E-state index in [0.29, 0.717) is 12.5 Å². The monoisotopic (exact) mass is 444 g/mol. The molecule has 172 valence electrons. The Morgan fingerprint density at radius 1 is 1.12 bits per heavy atom. The summed E-state index contributed by atoms with van der Waals surface area (Å²) in [5.41, 5.74) is 3.95. The van der Waals surface area contributed by atoms with Crippen molar-refractivity contribution in [2.24, 2.45) is 0 Å². The maximum atomic E-state index is 12.8. The lowest BCUT2D eigenvalue weighted by atomic mass is 9.96. The van der Waals surface area contributed by atoms with E-state index in [9.17, 15) is 4.79 Å². The topological polar surface area (TPSA) is 82.2 Å². The predicted octanol–water partition coefficient (Wildman–Crippen LogP) is 3.72. The molecule has 1 unspecified atom stereocenters. The average Bonchev–Trinajstić information content (AvgIpc) is 2.85. The molecule has 4 rings (SSSR count). The SMILES string of the molecule is CNc1cc(C2CCCNC2)nc(CN(C)CC(=O)Nc2ccccc2-c2ccccc2)n1. The molecule has 1 aromatic heterocycles. The molecule has 2 heterocycles. The zero-order chi connectivity index (χ0) is 23.0. The molecule has 1 aliphatic rings. The van der Waals surface area contributed by atoms with Crippen LogP contribution < -0.4 is 16.0 Å². The number of amides is 1. The normalized spacial score (nSPS) is 15.9. The molecule has 0 radical (unpaired) electrons. The number of nitrogens with zero attached hydrogens (tertiary/aromatic N) is 3. The first-order valence-electron chi connectivity index (χ1n) is 11.5. The fourth-order valence-electron chi connectivity index (χ4n) is 4.22. The summed E-state index contributed by atoms with van der Waals surface area (Å²) in [4.78, 5) is 24.2. The second-order valence-electron chi connectivity index (χ2n) is 8.52. The highest BCUT2D eigenvalue weighted by Crippen LogP contribution is 2.27. The van der Waals surface area contributed by atoms with E-state index < -0.39 is 0 Å². The standard InChI is InChI=1S/C26H32N6O/c1-27-24-15-23(20-11-8-14-28-16-20)29-25(31-24)17-32(2)18-26(33)30-22-13-7-6-12-21(22)19-9-4-3-5-10-19/h3-7,9-10,12-13,15,20,28H,8,11,14,16-18H2,1-2H3,(H,30,33)(H,27,29,31). The number of hydrogen-bond acceptors (Lipinski definition) is 6. The number of para-hydroxylation sites is 1. The van der Waals surface area contributed by atoms with Crippen LogP contribution in [0.4, 0.5) is 11.5 Å². The van der Waals surface area contributed by atoms with Crippen molar-refractivity contribution in [3.05, 3.63) is 72.2 Å². The van der Waals surface area contributed by atoms with Crippen LogP contribution in [0.5, 0.6) is 0 Å². The van der Waals surface area contributed by atoms with Crippen molar-refractivity contribution in [3.8, 4) is 11.1 Å². The highest BCUT2D eigenvalue weighted by atomic mass is 16.2. The summed E-state index contributed by atoms with van der Waals surface area (Å²) in [6, 6.07) is 20.0. The first-order chi connectivity index (χ1) is 16.1. The summed E-state index contributed by atoms with van der Waals surface area (Å²) < 4.78 is 0. The Kier molecular flexibility index (Phi) is 7.65. The Morgan fingerprint density at radius 3 is 2.67 bits per heavy atom. The number of piperidine rings is 1. The first-order valence-corrected chi connectivity index (χ1v) is 11.5. The molecule has 7 nitrogen and oxygen atoms in total. The molecule has 33 heavy (non-hydrogen) atoms. The van der Waals surface area contributed by atoms with E-state index in [2.05, 4.69) is 20.9 Å². The molecule has 1 aliphatic heterocycles. The van der Waals surface area contributed by atoms with E-state index in [-0.39, 0.29) is 12.5 Å². The number of carbonyl (C=O) groups excluding carboxylic acids is 1. The summed E-state index contributed by atoms with van der Waals surface area (Å²) in [5, 5.41) is 9.67. The van der Waals surface area contributed by atoms with Gasteiger partial charge in [0.1, 0.15) is 11.6 Å². The number of likely N-dealkylation sites (N-methyl/N-ethyl adjacent to an activating group) is 1. The van der Waals surface area contributed by atoms with Crippen LogP contribution in [0.1, 0.15) is 30.3 Å². The van der Waals surface area contributed by atoms with Crippen LogP contribution in [0.3, 0.4) is 0 Å². The van der Waals surface area contributed by atoms with E-state index in [0.717, 1.165) is 60.1 Å². The molecule has 3 N–H and O–H groups in total. The maximum absolute atomic E-state index is 12.8. The van der Waals surface area contributed by atoms with Crippen LogP contribution in [0.15, 0.2) is 60.7 Å². The lowest BCUT2D eigenvalue weighted by Gasteiger charge is -2.23. The highest BCUT2D eigenvalue weighted by molar-refractivity contribution is 5.96. The molecule has 0 spiro atoms. The van der Waals surface area contributed by atoms with Gasteiger partial charge in [0, 0.05) is 36.8 Å². The van der Waals surface area contributed by atoms with E-state index in [1.807, 2.05) is 79.7 Å². The minimum absolute atomic E-state index is 0.0673. The molecule has 2 aromatic carbocycles. The molecular formula is C26H32N6O. The van der Waals surface area contributed by atoms with E-state index in [1.165, 1.54) is 0 Å². The van der Waals surface area contributed by atoms with Gasteiger partial charge in [-0.1, -0.05) is 48.5 Å². The van der Waals surface area contributed by atoms with Crippen LogP contribution >= 0.6 is 0 Å². The molecule has 0 bridgehead atoms. The molecule has 7 heteroatoms. The van der Waals surface area contributed by atoms with E-state index in [1.54, 1.807) is 0 Å². The van der Waals surface area contributed by atoms with E-state index in [4.69, 9.17) is 4.98 Å². The molecule has 3 aromatic rings. The van der Waals surface area contributed by atoms with Gasteiger partial charge in [-0.15, -0.1) is 0 Å². The zero-order valence-electron chi connectivity index (χ0n) is 19.3. The number of rotatable bonds is 8. The number of carbonyl (C=O) groups is 1. The predicted molar refractivity (Wildman–Crippen MR) is 133 cm³/mol. The molecular weight excluding hydrogens is 412 g/mol. The van der Waals surface area contributed by atoms with Crippen molar-refractivity contribution in [1.82, 2.24) is 20.2 Å². The lowest BCUT2D eigenvalue weighted by Crippen LogP contribution is -2.31. The van der Waals surface area contributed by atoms with Gasteiger partial charge < -0.3 is 16.0 Å². The van der Waals surface area contributed by atoms with Crippen LogP contribution in [-0.2, 0) is 11.3 Å². The molecule has 1 atom stereocenters. The van der Waals surface area contributed by atoms with Crippen molar-refractivity contribution in [2.75, 3.05) is 44.4 Å². The van der Waals surface area contributed by atoms with Crippen molar-refractivity contribution in [1.29, 1.82) is 0 Å².